The van der Waals surface area contributed by atoms with E-state index in [1.807, 2.05) is 24.3 Å². The van der Waals surface area contributed by atoms with Gasteiger partial charge >= 0.3 is 0 Å². The zero-order valence-corrected chi connectivity index (χ0v) is 10.8. The van der Waals surface area contributed by atoms with Crippen LogP contribution in [0.25, 0.3) is 0 Å². The highest BCUT2D eigenvalue weighted by Gasteiger charge is 2.28. The Kier molecular flexibility index (Phi) is 3.10. The lowest BCUT2D eigenvalue weighted by Crippen LogP contribution is -2.22. The van der Waals surface area contributed by atoms with Gasteiger partial charge in [0.15, 0.2) is 0 Å². The molecule has 98 valence electrons. The molecule has 0 saturated heterocycles. The Morgan fingerprint density at radius 3 is 2.95 bits per heavy atom. The summed E-state index contributed by atoms with van der Waals surface area (Å²) in [6, 6.07) is 16.8. The molecule has 4 heteroatoms. The average Bonchev–Trinajstić information content (AvgIpc) is 2.91. The highest BCUT2D eigenvalue weighted by molar-refractivity contribution is 5.98. The van der Waals surface area contributed by atoms with Gasteiger partial charge in [-0.05, 0) is 29.8 Å². The largest absolute Gasteiger partial charge is 0.384 e. The normalized spacial score (nSPS) is 15.8. The maximum absolute atomic E-state index is 12.3. The molecule has 0 aromatic heterocycles. The molecule has 20 heavy (non-hydrogen) atoms. The summed E-state index contributed by atoms with van der Waals surface area (Å²) < 4.78 is 0. The van der Waals surface area contributed by atoms with Crippen LogP contribution in [-0.4, -0.2) is 12.5 Å². The lowest BCUT2D eigenvalue weighted by molar-refractivity contribution is -0.117. The molecular formula is C16H13N3O. The fourth-order valence-electron chi connectivity index (χ4n) is 2.41. The molecule has 4 nitrogen and oxygen atoms in total. The Hall–Kier alpha value is -2.80. The van der Waals surface area contributed by atoms with E-state index >= 15 is 0 Å². The summed E-state index contributed by atoms with van der Waals surface area (Å²) in [6.45, 7) is 0.600. The van der Waals surface area contributed by atoms with Gasteiger partial charge < -0.3 is 10.6 Å². The lowest BCUT2D eigenvalue weighted by atomic mass is 10.0. The van der Waals surface area contributed by atoms with E-state index in [-0.39, 0.29) is 11.8 Å². The van der Waals surface area contributed by atoms with Gasteiger partial charge in [-0.15, -0.1) is 0 Å². The smallest absolute Gasteiger partial charge is 0.233 e. The molecule has 0 saturated carbocycles. The predicted octanol–water partition coefficient (Wildman–Crippen LogP) is 2.71. The maximum Gasteiger partial charge on any atom is 0.233 e. The summed E-state index contributed by atoms with van der Waals surface area (Å²) in [5.74, 6) is -0.255. The molecule has 0 radical (unpaired) electrons. The topological polar surface area (TPSA) is 64.9 Å². The van der Waals surface area contributed by atoms with Crippen molar-refractivity contribution >= 4 is 17.3 Å². The number of benzene rings is 2. The molecule has 3 rings (SSSR count). The Balaban J connectivity index is 1.79. The van der Waals surface area contributed by atoms with E-state index in [0.717, 1.165) is 11.3 Å². The Labute approximate surface area is 117 Å². The Morgan fingerprint density at radius 2 is 2.10 bits per heavy atom. The number of anilines is 2. The van der Waals surface area contributed by atoms with Crippen LogP contribution in [0.5, 0.6) is 0 Å². The highest BCUT2D eigenvalue weighted by atomic mass is 16.1. The monoisotopic (exact) mass is 263 g/mol. The molecule has 1 aliphatic heterocycles. The Bertz CT molecular complexity index is 703. The van der Waals surface area contributed by atoms with Gasteiger partial charge in [-0.25, -0.2) is 0 Å². The minimum atomic E-state index is -0.197. The molecule has 1 atom stereocenters. The van der Waals surface area contributed by atoms with Gasteiger partial charge in [0, 0.05) is 17.9 Å². The van der Waals surface area contributed by atoms with Crippen molar-refractivity contribution < 1.29 is 4.79 Å². The molecular weight excluding hydrogens is 250 g/mol. The summed E-state index contributed by atoms with van der Waals surface area (Å²) in [5.41, 5.74) is 3.21. The highest BCUT2D eigenvalue weighted by Crippen LogP contribution is 2.31. The molecule has 2 aromatic carbocycles. The number of fused-ring (bicyclic) bond motifs is 1. The average molecular weight is 263 g/mol. The van der Waals surface area contributed by atoms with Crippen LogP contribution < -0.4 is 10.6 Å². The molecule has 2 aromatic rings. The first-order chi connectivity index (χ1) is 9.78. The zero-order chi connectivity index (χ0) is 13.9. The van der Waals surface area contributed by atoms with Gasteiger partial charge in [-0.1, -0.05) is 24.3 Å². The van der Waals surface area contributed by atoms with E-state index in [2.05, 4.69) is 16.7 Å². The number of hydrogen-bond donors (Lipinski definition) is 2. The Morgan fingerprint density at radius 1 is 1.25 bits per heavy atom. The number of amides is 1. The van der Waals surface area contributed by atoms with Crippen LogP contribution >= 0.6 is 0 Å². The van der Waals surface area contributed by atoms with Gasteiger partial charge in [0.05, 0.1) is 17.6 Å². The van der Waals surface area contributed by atoms with Gasteiger partial charge in [0.1, 0.15) is 0 Å². The number of hydrogen-bond acceptors (Lipinski definition) is 3. The minimum Gasteiger partial charge on any atom is -0.384 e. The van der Waals surface area contributed by atoms with Crippen LogP contribution in [0.3, 0.4) is 0 Å². The van der Waals surface area contributed by atoms with Gasteiger partial charge in [-0.3, -0.25) is 4.79 Å². The second-order valence-electron chi connectivity index (χ2n) is 4.70. The molecule has 1 heterocycles. The van der Waals surface area contributed by atoms with Crippen LogP contribution in [0.2, 0.25) is 0 Å². The van der Waals surface area contributed by atoms with E-state index in [9.17, 15) is 4.79 Å². The second kappa shape index (κ2) is 5.06. The summed E-state index contributed by atoms with van der Waals surface area (Å²) >= 11 is 0. The maximum atomic E-state index is 12.3. The number of rotatable bonds is 2. The molecule has 1 amide bonds. The van der Waals surface area contributed by atoms with Crippen molar-refractivity contribution in [3.8, 4) is 6.07 Å². The third kappa shape index (κ3) is 2.21. The van der Waals surface area contributed by atoms with Crippen molar-refractivity contribution in [3.63, 3.8) is 0 Å². The van der Waals surface area contributed by atoms with Crippen LogP contribution in [0.1, 0.15) is 17.0 Å². The standard InChI is InChI=1S/C16H13N3O/c17-9-11-4-3-5-12(8-11)19-16(20)14-10-18-15-7-2-1-6-13(14)15/h1-8,14,18H,10H2,(H,19,20). The van der Waals surface area contributed by atoms with Crippen molar-refractivity contribution in [2.75, 3.05) is 17.2 Å². The van der Waals surface area contributed by atoms with Crippen LogP contribution in [-0.2, 0) is 4.79 Å². The van der Waals surface area contributed by atoms with E-state index in [4.69, 9.17) is 5.26 Å². The zero-order valence-electron chi connectivity index (χ0n) is 10.8. The fraction of sp³-hybridized carbons (Fsp3) is 0.125. The summed E-state index contributed by atoms with van der Waals surface area (Å²) in [6.07, 6.45) is 0. The van der Waals surface area contributed by atoms with E-state index in [1.54, 1.807) is 24.3 Å². The van der Waals surface area contributed by atoms with Crippen LogP contribution in [0, 0.1) is 11.3 Å². The van der Waals surface area contributed by atoms with Crippen molar-refractivity contribution in [1.82, 2.24) is 0 Å². The van der Waals surface area contributed by atoms with Gasteiger partial charge in [0.2, 0.25) is 5.91 Å². The third-order valence-electron chi connectivity index (χ3n) is 3.41. The number of carbonyl (C=O) groups is 1. The van der Waals surface area contributed by atoms with Crippen molar-refractivity contribution in [1.29, 1.82) is 5.26 Å². The van der Waals surface area contributed by atoms with E-state index in [1.165, 1.54) is 0 Å². The number of nitriles is 1. The van der Waals surface area contributed by atoms with Crippen molar-refractivity contribution in [2.45, 2.75) is 5.92 Å². The molecule has 0 spiro atoms. The number of nitrogens with one attached hydrogen (secondary N) is 2. The van der Waals surface area contributed by atoms with Crippen LogP contribution in [0.4, 0.5) is 11.4 Å². The van der Waals surface area contributed by atoms with Crippen molar-refractivity contribution in [3.05, 3.63) is 59.7 Å². The molecule has 0 fully saturated rings. The first kappa shape index (κ1) is 12.2. The SMILES string of the molecule is N#Cc1cccc(NC(=O)C2CNc3ccccc32)c1. The third-order valence-corrected chi connectivity index (χ3v) is 3.41. The first-order valence-electron chi connectivity index (χ1n) is 6.42. The van der Waals surface area contributed by atoms with Gasteiger partial charge in [0.25, 0.3) is 0 Å². The lowest BCUT2D eigenvalue weighted by Gasteiger charge is -2.11. The minimum absolute atomic E-state index is 0.0578. The summed E-state index contributed by atoms with van der Waals surface area (Å²) in [5, 5.41) is 15.0. The number of para-hydroxylation sites is 1. The summed E-state index contributed by atoms with van der Waals surface area (Å²) in [7, 11) is 0. The molecule has 0 aliphatic carbocycles. The van der Waals surface area contributed by atoms with Gasteiger partial charge in [-0.2, -0.15) is 5.26 Å². The summed E-state index contributed by atoms with van der Waals surface area (Å²) in [4.78, 5) is 12.3. The van der Waals surface area contributed by atoms with Crippen LogP contribution in [0.15, 0.2) is 48.5 Å². The number of carbonyl (C=O) groups excluding carboxylic acids is 1. The van der Waals surface area contributed by atoms with E-state index in [0.29, 0.717) is 17.8 Å². The molecule has 1 aliphatic rings. The number of nitrogens with zero attached hydrogens (tertiary/aromatic N) is 1. The van der Waals surface area contributed by atoms with E-state index < -0.39 is 0 Å². The quantitative estimate of drug-likeness (QED) is 0.875. The fourth-order valence-corrected chi connectivity index (χ4v) is 2.41. The second-order valence-corrected chi connectivity index (χ2v) is 4.70. The predicted molar refractivity (Wildman–Crippen MR) is 77.5 cm³/mol. The molecule has 1 unspecified atom stereocenters. The van der Waals surface area contributed by atoms with Crippen molar-refractivity contribution in [2.24, 2.45) is 0 Å². The molecule has 0 bridgehead atoms. The first-order valence-corrected chi connectivity index (χ1v) is 6.42. The molecule has 2 N–H and O–H groups in total.